The molecule has 0 saturated carbocycles. The first-order chi connectivity index (χ1) is 9.16. The second kappa shape index (κ2) is 5.90. The summed E-state index contributed by atoms with van der Waals surface area (Å²) < 4.78 is 38.1. The molecule has 0 fully saturated rings. The Balaban J connectivity index is 3.15. The molecule has 2 unspecified atom stereocenters. The fraction of sp³-hybridized carbons (Fsp3) is 0.333. The normalized spacial score (nSPS) is 14.4. The number of carbonyl (C=O) groups is 1. The van der Waals surface area contributed by atoms with Crippen molar-refractivity contribution in [1.29, 1.82) is 5.26 Å². The van der Waals surface area contributed by atoms with E-state index < -0.39 is 41.9 Å². The Morgan fingerprint density at radius 1 is 1.35 bits per heavy atom. The Hall–Kier alpha value is -2.11. The molecular weight excluding hydrogens is 279 g/mol. The number of nitriles is 1. The van der Waals surface area contributed by atoms with Crippen LogP contribution in [0.1, 0.15) is 29.2 Å². The zero-order valence-corrected chi connectivity index (χ0v) is 9.92. The van der Waals surface area contributed by atoms with E-state index in [-0.39, 0.29) is 5.56 Å². The van der Waals surface area contributed by atoms with Crippen molar-refractivity contribution in [2.45, 2.75) is 24.8 Å². The maximum absolute atomic E-state index is 12.7. The number of rotatable bonds is 4. The van der Waals surface area contributed by atoms with Gasteiger partial charge in [0.2, 0.25) is 0 Å². The number of carboxylic acid groups (broad SMARTS) is 1. The fourth-order valence-electron chi connectivity index (χ4n) is 1.59. The minimum Gasteiger partial charge on any atom is -0.481 e. The van der Waals surface area contributed by atoms with E-state index in [2.05, 4.69) is 0 Å². The highest BCUT2D eigenvalue weighted by molar-refractivity contribution is 5.67. The first-order valence-corrected chi connectivity index (χ1v) is 5.36. The maximum atomic E-state index is 12.7. The predicted octanol–water partition coefficient (Wildman–Crippen LogP) is 1.45. The molecule has 1 rings (SSSR count). The molecule has 3 N–H and O–H groups in total. The summed E-state index contributed by atoms with van der Waals surface area (Å²) in [5, 5.41) is 36.1. The van der Waals surface area contributed by atoms with Crippen LogP contribution in [0.25, 0.3) is 0 Å². The van der Waals surface area contributed by atoms with Crippen molar-refractivity contribution >= 4 is 5.97 Å². The molecule has 0 spiro atoms. The van der Waals surface area contributed by atoms with Crippen LogP contribution in [0.15, 0.2) is 18.2 Å². The van der Waals surface area contributed by atoms with E-state index in [1.807, 2.05) is 0 Å². The topological polar surface area (TPSA) is 102 Å². The van der Waals surface area contributed by atoms with E-state index in [0.717, 1.165) is 12.1 Å². The second-order valence-electron chi connectivity index (χ2n) is 4.02. The van der Waals surface area contributed by atoms with Gasteiger partial charge in [0.25, 0.3) is 0 Å². The van der Waals surface area contributed by atoms with Gasteiger partial charge in [0.15, 0.2) is 0 Å². The highest BCUT2D eigenvalue weighted by Crippen LogP contribution is 2.34. The average Bonchev–Trinajstić information content (AvgIpc) is 2.35. The van der Waals surface area contributed by atoms with Crippen molar-refractivity contribution in [2.24, 2.45) is 0 Å². The van der Waals surface area contributed by atoms with Crippen LogP contribution in [0, 0.1) is 11.3 Å². The quantitative estimate of drug-likeness (QED) is 0.778. The van der Waals surface area contributed by atoms with Crippen LogP contribution >= 0.6 is 0 Å². The van der Waals surface area contributed by atoms with Crippen LogP contribution in [0.3, 0.4) is 0 Å². The third-order valence-corrected chi connectivity index (χ3v) is 2.56. The molecule has 1 aromatic rings. The third kappa shape index (κ3) is 3.69. The summed E-state index contributed by atoms with van der Waals surface area (Å²) in [4.78, 5) is 10.4. The van der Waals surface area contributed by atoms with Gasteiger partial charge in [0.05, 0.1) is 29.7 Å². The number of nitrogens with zero attached hydrogens (tertiary/aromatic N) is 1. The monoisotopic (exact) mass is 289 g/mol. The smallest absolute Gasteiger partial charge is 0.417 e. The summed E-state index contributed by atoms with van der Waals surface area (Å²) in [5.41, 5.74) is -2.19. The summed E-state index contributed by atoms with van der Waals surface area (Å²) in [6.07, 6.45) is -9.15. The van der Waals surface area contributed by atoms with E-state index in [9.17, 15) is 28.2 Å². The molecule has 0 aliphatic carbocycles. The largest absolute Gasteiger partial charge is 0.481 e. The zero-order chi connectivity index (χ0) is 15.5. The van der Waals surface area contributed by atoms with Crippen LogP contribution in [-0.2, 0) is 11.0 Å². The Morgan fingerprint density at radius 2 is 1.95 bits per heavy atom. The van der Waals surface area contributed by atoms with Gasteiger partial charge in [0, 0.05) is 0 Å². The van der Waals surface area contributed by atoms with Crippen LogP contribution in [-0.4, -0.2) is 27.4 Å². The van der Waals surface area contributed by atoms with E-state index in [1.54, 1.807) is 0 Å². The van der Waals surface area contributed by atoms with Crippen molar-refractivity contribution in [2.75, 3.05) is 0 Å². The molecule has 0 amide bonds. The molecular formula is C12H10F3NO4. The lowest BCUT2D eigenvalue weighted by Crippen LogP contribution is -2.22. The molecule has 1 aromatic carbocycles. The molecule has 8 heteroatoms. The minimum absolute atomic E-state index is 0.315. The lowest BCUT2D eigenvalue weighted by molar-refractivity contribution is -0.141. The van der Waals surface area contributed by atoms with Gasteiger partial charge in [-0.3, -0.25) is 4.79 Å². The molecule has 0 heterocycles. The first kappa shape index (κ1) is 15.9. The zero-order valence-electron chi connectivity index (χ0n) is 9.92. The average molecular weight is 289 g/mol. The highest BCUT2D eigenvalue weighted by atomic mass is 19.4. The number of halogens is 3. The number of aliphatic hydroxyl groups is 2. The van der Waals surface area contributed by atoms with Crippen molar-refractivity contribution in [3.05, 3.63) is 34.9 Å². The predicted molar refractivity (Wildman–Crippen MR) is 59.4 cm³/mol. The molecule has 0 aliphatic heterocycles. The number of hydrogen-bond acceptors (Lipinski definition) is 4. The van der Waals surface area contributed by atoms with Crippen molar-refractivity contribution in [3.63, 3.8) is 0 Å². The van der Waals surface area contributed by atoms with Gasteiger partial charge in [-0.05, 0) is 17.7 Å². The Kier molecular flexibility index (Phi) is 4.70. The van der Waals surface area contributed by atoms with E-state index >= 15 is 0 Å². The molecule has 0 saturated heterocycles. The summed E-state index contributed by atoms with van der Waals surface area (Å²) >= 11 is 0. The fourth-order valence-corrected chi connectivity index (χ4v) is 1.59. The van der Waals surface area contributed by atoms with Crippen molar-refractivity contribution in [1.82, 2.24) is 0 Å². The van der Waals surface area contributed by atoms with Crippen LogP contribution < -0.4 is 0 Å². The molecule has 0 aromatic heterocycles. The molecule has 108 valence electrons. The van der Waals surface area contributed by atoms with Gasteiger partial charge >= 0.3 is 12.1 Å². The molecule has 0 aliphatic rings. The number of carboxylic acids is 1. The summed E-state index contributed by atoms with van der Waals surface area (Å²) in [6, 6.07) is 3.78. The Morgan fingerprint density at radius 3 is 2.40 bits per heavy atom. The van der Waals surface area contributed by atoms with Crippen LogP contribution in [0.4, 0.5) is 13.2 Å². The summed E-state index contributed by atoms with van der Waals surface area (Å²) in [5.74, 6) is -1.40. The van der Waals surface area contributed by atoms with Gasteiger partial charge in [-0.1, -0.05) is 6.07 Å². The van der Waals surface area contributed by atoms with Gasteiger partial charge in [-0.2, -0.15) is 18.4 Å². The third-order valence-electron chi connectivity index (χ3n) is 2.56. The molecule has 0 radical (unpaired) electrons. The summed E-state index contributed by atoms with van der Waals surface area (Å²) in [7, 11) is 0. The minimum atomic E-state index is -4.79. The van der Waals surface area contributed by atoms with E-state index in [1.165, 1.54) is 6.07 Å². The maximum Gasteiger partial charge on any atom is 0.417 e. The van der Waals surface area contributed by atoms with Crippen LogP contribution in [0.5, 0.6) is 0 Å². The second-order valence-corrected chi connectivity index (χ2v) is 4.02. The Bertz CT molecular complexity index is 551. The number of hydrogen-bond donors (Lipinski definition) is 3. The number of alkyl halides is 3. The van der Waals surface area contributed by atoms with E-state index in [4.69, 9.17) is 10.4 Å². The van der Waals surface area contributed by atoms with Crippen molar-refractivity contribution < 1.29 is 33.3 Å². The van der Waals surface area contributed by atoms with Gasteiger partial charge in [-0.15, -0.1) is 0 Å². The molecule has 0 bridgehead atoms. The standard InChI is InChI=1S/C12H10F3NO4/c13-12(14,15)8-3-6(1-2-7(8)5-16)11(20)9(17)4-10(18)19/h1-3,9,11,17,20H,4H2,(H,18,19). The van der Waals surface area contributed by atoms with E-state index in [0.29, 0.717) is 6.07 Å². The molecule has 5 nitrogen and oxygen atoms in total. The SMILES string of the molecule is N#Cc1ccc(C(O)C(O)CC(=O)O)cc1C(F)(F)F. The molecule has 2 atom stereocenters. The lowest BCUT2D eigenvalue weighted by atomic mass is 9.97. The molecule has 20 heavy (non-hydrogen) atoms. The highest BCUT2D eigenvalue weighted by Gasteiger charge is 2.35. The van der Waals surface area contributed by atoms with Gasteiger partial charge in [-0.25, -0.2) is 0 Å². The number of aliphatic carboxylic acids is 1. The van der Waals surface area contributed by atoms with Gasteiger partial charge in [0.1, 0.15) is 6.10 Å². The van der Waals surface area contributed by atoms with Gasteiger partial charge < -0.3 is 15.3 Å². The Labute approximate surface area is 111 Å². The number of aliphatic hydroxyl groups excluding tert-OH is 2. The number of benzene rings is 1. The van der Waals surface area contributed by atoms with Crippen molar-refractivity contribution in [3.8, 4) is 6.07 Å². The first-order valence-electron chi connectivity index (χ1n) is 5.36. The lowest BCUT2D eigenvalue weighted by Gasteiger charge is -2.18. The summed E-state index contributed by atoms with van der Waals surface area (Å²) in [6.45, 7) is 0. The van der Waals surface area contributed by atoms with Crippen LogP contribution in [0.2, 0.25) is 0 Å².